The van der Waals surface area contributed by atoms with Crippen LogP contribution in [0.2, 0.25) is 0 Å². The Morgan fingerprint density at radius 2 is 1.86 bits per heavy atom. The van der Waals surface area contributed by atoms with Gasteiger partial charge < -0.3 is 0 Å². The van der Waals surface area contributed by atoms with Gasteiger partial charge in [0.15, 0.2) is 0 Å². The Bertz CT molecular complexity index is 161. The third kappa shape index (κ3) is 4.80. The second kappa shape index (κ2) is 7.05. The van der Waals surface area contributed by atoms with Crippen molar-refractivity contribution in [3.63, 3.8) is 0 Å². The predicted molar refractivity (Wildman–Crippen MR) is 65.6 cm³/mol. The molecule has 0 radical (unpaired) electrons. The fourth-order valence-electron chi connectivity index (χ4n) is 2.20. The minimum absolute atomic E-state index is 0.548. The van der Waals surface area contributed by atoms with E-state index in [0.717, 1.165) is 0 Å². The van der Waals surface area contributed by atoms with Gasteiger partial charge in [-0.25, -0.2) is 0 Å². The topological polar surface area (TPSA) is 3.24 Å². The highest BCUT2D eigenvalue weighted by Gasteiger charge is 2.18. The SMILES string of the molecule is C=C(C)C(C(C)C)N(C)CCCCC. The summed E-state index contributed by atoms with van der Waals surface area (Å²) in [4.78, 5) is 2.45. The van der Waals surface area contributed by atoms with E-state index in [9.17, 15) is 0 Å². The van der Waals surface area contributed by atoms with Crippen molar-refractivity contribution in [1.29, 1.82) is 0 Å². The van der Waals surface area contributed by atoms with E-state index in [1.807, 2.05) is 0 Å². The van der Waals surface area contributed by atoms with Crippen LogP contribution in [0.4, 0.5) is 0 Å². The highest BCUT2D eigenvalue weighted by molar-refractivity contribution is 5.03. The molecular weight excluding hydrogens is 170 g/mol. The molecule has 0 saturated heterocycles. The van der Waals surface area contributed by atoms with Crippen LogP contribution in [0.15, 0.2) is 12.2 Å². The van der Waals surface area contributed by atoms with E-state index in [0.29, 0.717) is 12.0 Å². The van der Waals surface area contributed by atoms with Gasteiger partial charge in [-0.2, -0.15) is 0 Å². The van der Waals surface area contributed by atoms with Gasteiger partial charge in [-0.3, -0.25) is 4.90 Å². The second-order valence-electron chi connectivity index (χ2n) is 4.72. The first kappa shape index (κ1) is 13.7. The van der Waals surface area contributed by atoms with E-state index in [1.54, 1.807) is 0 Å². The van der Waals surface area contributed by atoms with Gasteiger partial charge in [0.25, 0.3) is 0 Å². The molecule has 1 atom stereocenters. The van der Waals surface area contributed by atoms with Gasteiger partial charge in [-0.05, 0) is 32.9 Å². The first-order valence-corrected chi connectivity index (χ1v) is 5.86. The molecule has 0 N–H and O–H groups in total. The molecule has 0 aromatic rings. The van der Waals surface area contributed by atoms with Crippen LogP contribution in [0.5, 0.6) is 0 Å². The highest BCUT2D eigenvalue weighted by Crippen LogP contribution is 2.16. The molecule has 84 valence electrons. The summed E-state index contributed by atoms with van der Waals surface area (Å²) in [7, 11) is 2.22. The Morgan fingerprint density at radius 1 is 1.29 bits per heavy atom. The minimum atomic E-state index is 0.548. The molecule has 1 unspecified atom stereocenters. The van der Waals surface area contributed by atoms with Gasteiger partial charge in [0, 0.05) is 6.04 Å². The van der Waals surface area contributed by atoms with Crippen molar-refractivity contribution < 1.29 is 0 Å². The van der Waals surface area contributed by atoms with E-state index >= 15 is 0 Å². The van der Waals surface area contributed by atoms with Crippen LogP contribution in [0.3, 0.4) is 0 Å². The van der Waals surface area contributed by atoms with Crippen molar-refractivity contribution in [1.82, 2.24) is 4.90 Å². The molecule has 0 aromatic heterocycles. The molecule has 0 spiro atoms. The van der Waals surface area contributed by atoms with Gasteiger partial charge in [0.2, 0.25) is 0 Å². The van der Waals surface area contributed by atoms with E-state index < -0.39 is 0 Å². The first-order chi connectivity index (χ1) is 6.50. The monoisotopic (exact) mass is 197 g/mol. The number of rotatable bonds is 7. The van der Waals surface area contributed by atoms with Crippen molar-refractivity contribution >= 4 is 0 Å². The fourth-order valence-corrected chi connectivity index (χ4v) is 2.20. The van der Waals surface area contributed by atoms with Gasteiger partial charge in [0.1, 0.15) is 0 Å². The summed E-state index contributed by atoms with van der Waals surface area (Å²) >= 11 is 0. The van der Waals surface area contributed by atoms with Crippen LogP contribution in [0, 0.1) is 5.92 Å². The van der Waals surface area contributed by atoms with Crippen LogP contribution in [-0.4, -0.2) is 24.5 Å². The number of likely N-dealkylation sites (N-methyl/N-ethyl adjacent to an activating group) is 1. The van der Waals surface area contributed by atoms with Crippen LogP contribution < -0.4 is 0 Å². The normalized spacial score (nSPS) is 13.6. The summed E-state index contributed by atoms with van der Waals surface area (Å²) < 4.78 is 0. The maximum absolute atomic E-state index is 4.08. The van der Waals surface area contributed by atoms with Gasteiger partial charge in [-0.1, -0.05) is 45.8 Å². The van der Waals surface area contributed by atoms with E-state index in [1.165, 1.54) is 31.4 Å². The molecule has 0 amide bonds. The Morgan fingerprint density at radius 3 is 2.21 bits per heavy atom. The van der Waals surface area contributed by atoms with E-state index in [-0.39, 0.29) is 0 Å². The average Bonchev–Trinajstić information content (AvgIpc) is 2.03. The standard InChI is InChI=1S/C13H27N/c1-7-8-9-10-14(6)13(11(2)3)12(4)5/h12-13H,2,7-10H2,1,3-6H3. The number of hydrogen-bond donors (Lipinski definition) is 0. The zero-order chi connectivity index (χ0) is 11.1. The molecule has 0 heterocycles. The highest BCUT2D eigenvalue weighted by atomic mass is 15.1. The molecule has 14 heavy (non-hydrogen) atoms. The molecule has 0 aliphatic rings. The molecular formula is C13H27N. The molecule has 0 rings (SSSR count). The Balaban J connectivity index is 4.02. The molecule has 1 heteroatoms. The first-order valence-electron chi connectivity index (χ1n) is 5.86. The lowest BCUT2D eigenvalue weighted by Gasteiger charge is -2.31. The molecule has 0 aliphatic carbocycles. The Labute approximate surface area is 90.2 Å². The minimum Gasteiger partial charge on any atom is -0.299 e. The smallest absolute Gasteiger partial charge is 0.0322 e. The predicted octanol–water partition coefficient (Wildman–Crippen LogP) is 3.71. The average molecular weight is 197 g/mol. The zero-order valence-corrected chi connectivity index (χ0v) is 10.6. The van der Waals surface area contributed by atoms with Gasteiger partial charge in [-0.15, -0.1) is 0 Å². The molecule has 0 aliphatic heterocycles. The lowest BCUT2D eigenvalue weighted by atomic mass is 9.96. The van der Waals surface area contributed by atoms with Crippen LogP contribution in [0.1, 0.15) is 47.0 Å². The summed E-state index contributed by atoms with van der Waals surface area (Å²) in [6.07, 6.45) is 3.95. The number of unbranched alkanes of at least 4 members (excludes halogenated alkanes) is 2. The fraction of sp³-hybridized carbons (Fsp3) is 0.846. The van der Waals surface area contributed by atoms with E-state index in [2.05, 4.69) is 46.2 Å². The van der Waals surface area contributed by atoms with E-state index in [4.69, 9.17) is 0 Å². The van der Waals surface area contributed by atoms with Gasteiger partial charge >= 0.3 is 0 Å². The Kier molecular flexibility index (Phi) is 6.90. The molecule has 0 fully saturated rings. The quantitative estimate of drug-likeness (QED) is 0.444. The largest absolute Gasteiger partial charge is 0.299 e. The third-order valence-corrected chi connectivity index (χ3v) is 2.73. The second-order valence-corrected chi connectivity index (χ2v) is 4.72. The van der Waals surface area contributed by atoms with Crippen molar-refractivity contribution in [3.05, 3.63) is 12.2 Å². The van der Waals surface area contributed by atoms with Crippen molar-refractivity contribution in [2.24, 2.45) is 5.92 Å². The molecule has 0 bridgehead atoms. The lowest BCUT2D eigenvalue weighted by Crippen LogP contribution is -2.37. The Hall–Kier alpha value is -0.300. The van der Waals surface area contributed by atoms with Crippen LogP contribution >= 0.6 is 0 Å². The van der Waals surface area contributed by atoms with Crippen molar-refractivity contribution in [3.8, 4) is 0 Å². The summed E-state index contributed by atoms with van der Waals surface area (Å²) in [5, 5.41) is 0. The summed E-state index contributed by atoms with van der Waals surface area (Å²) in [6.45, 7) is 14.2. The van der Waals surface area contributed by atoms with Crippen LogP contribution in [-0.2, 0) is 0 Å². The third-order valence-electron chi connectivity index (χ3n) is 2.73. The maximum atomic E-state index is 4.08. The van der Waals surface area contributed by atoms with Crippen molar-refractivity contribution in [2.45, 2.75) is 53.0 Å². The van der Waals surface area contributed by atoms with Crippen molar-refractivity contribution in [2.75, 3.05) is 13.6 Å². The number of nitrogens with zero attached hydrogens (tertiary/aromatic N) is 1. The maximum Gasteiger partial charge on any atom is 0.0322 e. The van der Waals surface area contributed by atoms with Crippen LogP contribution in [0.25, 0.3) is 0 Å². The zero-order valence-electron chi connectivity index (χ0n) is 10.6. The number of hydrogen-bond acceptors (Lipinski definition) is 1. The summed E-state index contributed by atoms with van der Waals surface area (Å²) in [6, 6.07) is 0.548. The molecule has 1 nitrogen and oxygen atoms in total. The lowest BCUT2D eigenvalue weighted by molar-refractivity contribution is 0.218. The molecule has 0 saturated carbocycles. The summed E-state index contributed by atoms with van der Waals surface area (Å²) in [5.41, 5.74) is 1.29. The summed E-state index contributed by atoms with van der Waals surface area (Å²) in [5.74, 6) is 0.666. The van der Waals surface area contributed by atoms with Gasteiger partial charge in [0.05, 0.1) is 0 Å². The molecule has 0 aromatic carbocycles.